The largest absolute Gasteiger partial charge is 0.466 e. The highest BCUT2D eigenvalue weighted by Crippen LogP contribution is 2.34. The number of likely N-dealkylation sites (tertiary alicyclic amines) is 1. The molecule has 174 valence electrons. The van der Waals surface area contributed by atoms with Crippen LogP contribution in [0, 0.1) is 11.7 Å². The van der Waals surface area contributed by atoms with Gasteiger partial charge in [0, 0.05) is 26.7 Å². The molecule has 1 saturated heterocycles. The molecule has 0 unspecified atom stereocenters. The number of hydrogen-bond acceptors (Lipinski definition) is 5. The van der Waals surface area contributed by atoms with Crippen LogP contribution in [0.2, 0.25) is 0 Å². The number of benzene rings is 2. The Morgan fingerprint density at radius 2 is 1.91 bits per heavy atom. The van der Waals surface area contributed by atoms with Gasteiger partial charge in [-0.3, -0.25) is 18.7 Å². The third-order valence-electron chi connectivity index (χ3n) is 6.46. The summed E-state index contributed by atoms with van der Waals surface area (Å²) >= 11 is 0. The second-order valence-electron chi connectivity index (χ2n) is 8.42. The molecule has 1 aliphatic heterocycles. The highest BCUT2D eigenvalue weighted by atomic mass is 19.1. The van der Waals surface area contributed by atoms with Crippen LogP contribution in [-0.4, -0.2) is 46.2 Å². The summed E-state index contributed by atoms with van der Waals surface area (Å²) in [6.07, 6.45) is 0.650. The van der Waals surface area contributed by atoms with E-state index >= 15 is 0 Å². The lowest BCUT2D eigenvalue weighted by atomic mass is 9.80. The first kappa shape index (κ1) is 22.9. The minimum Gasteiger partial charge on any atom is -0.466 e. The molecule has 0 spiro atoms. The monoisotopic (exact) mass is 453 g/mol. The first-order chi connectivity index (χ1) is 15.9. The molecular formula is C25H28FN3O4. The van der Waals surface area contributed by atoms with E-state index < -0.39 is 5.92 Å². The molecule has 3 aromatic rings. The minimum absolute atomic E-state index is 0.146. The number of aromatic nitrogens is 2. The van der Waals surface area contributed by atoms with Gasteiger partial charge in [-0.2, -0.15) is 0 Å². The molecule has 2 heterocycles. The Balaban J connectivity index is 1.55. The number of rotatable bonds is 6. The quantitative estimate of drug-likeness (QED) is 0.537. The molecule has 7 nitrogen and oxygen atoms in total. The van der Waals surface area contributed by atoms with Gasteiger partial charge >= 0.3 is 11.7 Å². The Labute approximate surface area is 191 Å². The van der Waals surface area contributed by atoms with Crippen molar-refractivity contribution < 1.29 is 13.9 Å². The van der Waals surface area contributed by atoms with Crippen molar-refractivity contribution in [1.29, 1.82) is 0 Å². The SMILES string of the molecule is CCOC(=O)[C@@H]1CN(CCn2c(=O)c3ccccc3n(C)c2=O)CC[C@@H]1c1cccc(F)c1. The first-order valence-electron chi connectivity index (χ1n) is 11.2. The Morgan fingerprint density at radius 1 is 1.12 bits per heavy atom. The van der Waals surface area contributed by atoms with Crippen molar-refractivity contribution in [2.75, 3.05) is 26.2 Å². The number of esters is 1. The highest BCUT2D eigenvalue weighted by molar-refractivity contribution is 5.77. The van der Waals surface area contributed by atoms with Gasteiger partial charge in [0.15, 0.2) is 0 Å². The summed E-state index contributed by atoms with van der Waals surface area (Å²) in [6.45, 7) is 3.78. The summed E-state index contributed by atoms with van der Waals surface area (Å²) in [5, 5.41) is 0.494. The number of nitrogens with zero attached hydrogens (tertiary/aromatic N) is 3. The fourth-order valence-electron chi connectivity index (χ4n) is 4.75. The van der Waals surface area contributed by atoms with E-state index in [1.807, 2.05) is 6.07 Å². The molecule has 1 aromatic heterocycles. The zero-order valence-corrected chi connectivity index (χ0v) is 18.9. The summed E-state index contributed by atoms with van der Waals surface area (Å²) in [5.41, 5.74) is 0.704. The standard InChI is InChI=1S/C25H28FN3O4/c1-3-33-24(31)21-16-28(12-11-19(21)17-7-6-8-18(26)15-17)13-14-29-23(30)20-9-4-5-10-22(20)27(2)25(29)32/h4-10,15,19,21H,3,11-14,16H2,1-2H3/t19-,21-/m1/s1. The summed E-state index contributed by atoms with van der Waals surface area (Å²) in [6, 6.07) is 13.4. The third-order valence-corrected chi connectivity index (χ3v) is 6.46. The zero-order chi connectivity index (χ0) is 23.5. The van der Waals surface area contributed by atoms with Gasteiger partial charge in [-0.25, -0.2) is 9.18 Å². The number of aryl methyl sites for hydroxylation is 1. The van der Waals surface area contributed by atoms with Gasteiger partial charge in [-0.15, -0.1) is 0 Å². The summed E-state index contributed by atoms with van der Waals surface area (Å²) in [4.78, 5) is 40.5. The molecule has 0 N–H and O–H groups in total. The number of carbonyl (C=O) groups is 1. The molecule has 0 bridgehead atoms. The Kier molecular flexibility index (Phi) is 6.74. The van der Waals surface area contributed by atoms with E-state index in [1.165, 1.54) is 21.3 Å². The molecule has 0 radical (unpaired) electrons. The minimum atomic E-state index is -0.448. The molecular weight excluding hydrogens is 425 g/mol. The number of piperidine rings is 1. The second-order valence-corrected chi connectivity index (χ2v) is 8.42. The van der Waals surface area contributed by atoms with Crippen LogP contribution >= 0.6 is 0 Å². The predicted molar refractivity (Wildman–Crippen MR) is 124 cm³/mol. The predicted octanol–water partition coefficient (Wildman–Crippen LogP) is 2.51. The smallest absolute Gasteiger partial charge is 0.331 e. The van der Waals surface area contributed by atoms with E-state index in [1.54, 1.807) is 44.3 Å². The topological polar surface area (TPSA) is 73.5 Å². The molecule has 1 fully saturated rings. The average Bonchev–Trinajstić information content (AvgIpc) is 2.82. The molecule has 0 aliphatic carbocycles. The lowest BCUT2D eigenvalue weighted by Crippen LogP contribution is -2.47. The Bertz CT molecular complexity index is 1280. The summed E-state index contributed by atoms with van der Waals surface area (Å²) < 4.78 is 21.9. The zero-order valence-electron chi connectivity index (χ0n) is 18.9. The number of fused-ring (bicyclic) bond motifs is 1. The van der Waals surface area contributed by atoms with Crippen molar-refractivity contribution in [1.82, 2.24) is 14.0 Å². The maximum atomic E-state index is 13.8. The highest BCUT2D eigenvalue weighted by Gasteiger charge is 2.36. The van der Waals surface area contributed by atoms with Crippen LogP contribution in [0.4, 0.5) is 4.39 Å². The van der Waals surface area contributed by atoms with Crippen molar-refractivity contribution in [3.63, 3.8) is 0 Å². The number of carbonyl (C=O) groups excluding carboxylic acids is 1. The maximum Gasteiger partial charge on any atom is 0.331 e. The van der Waals surface area contributed by atoms with Gasteiger partial charge in [0.2, 0.25) is 0 Å². The molecule has 2 atom stereocenters. The number of para-hydroxylation sites is 1. The van der Waals surface area contributed by atoms with Crippen LogP contribution in [0.25, 0.3) is 10.9 Å². The fraction of sp³-hybridized carbons (Fsp3) is 0.400. The molecule has 2 aromatic carbocycles. The van der Waals surface area contributed by atoms with Crippen LogP contribution in [-0.2, 0) is 23.1 Å². The molecule has 0 saturated carbocycles. The maximum absolute atomic E-state index is 13.8. The Hall–Kier alpha value is -3.26. The summed E-state index contributed by atoms with van der Waals surface area (Å²) in [7, 11) is 1.65. The molecule has 1 aliphatic rings. The second kappa shape index (κ2) is 9.70. The van der Waals surface area contributed by atoms with Gasteiger partial charge in [0.1, 0.15) is 5.82 Å². The number of hydrogen-bond donors (Lipinski definition) is 0. The molecule has 8 heteroatoms. The van der Waals surface area contributed by atoms with Gasteiger partial charge in [0.25, 0.3) is 5.56 Å². The van der Waals surface area contributed by atoms with Crippen molar-refractivity contribution in [3.05, 3.63) is 80.7 Å². The van der Waals surface area contributed by atoms with Gasteiger partial charge in [-0.1, -0.05) is 24.3 Å². The van der Waals surface area contributed by atoms with Gasteiger partial charge < -0.3 is 9.64 Å². The first-order valence-corrected chi connectivity index (χ1v) is 11.2. The van der Waals surface area contributed by atoms with Crippen LogP contribution in [0.3, 0.4) is 0 Å². The van der Waals surface area contributed by atoms with Crippen molar-refractivity contribution >= 4 is 16.9 Å². The van der Waals surface area contributed by atoms with Crippen molar-refractivity contribution in [2.24, 2.45) is 13.0 Å². The van der Waals surface area contributed by atoms with Gasteiger partial charge in [-0.05, 0) is 55.6 Å². The van der Waals surface area contributed by atoms with Crippen LogP contribution in [0.5, 0.6) is 0 Å². The van der Waals surface area contributed by atoms with Crippen molar-refractivity contribution in [2.45, 2.75) is 25.8 Å². The number of halogens is 1. The lowest BCUT2D eigenvalue weighted by molar-refractivity contribution is -0.150. The lowest BCUT2D eigenvalue weighted by Gasteiger charge is -2.37. The van der Waals surface area contributed by atoms with Crippen LogP contribution in [0.1, 0.15) is 24.8 Å². The summed E-state index contributed by atoms with van der Waals surface area (Å²) in [5.74, 6) is -1.23. The van der Waals surface area contributed by atoms with Crippen LogP contribution < -0.4 is 11.2 Å². The van der Waals surface area contributed by atoms with E-state index in [9.17, 15) is 18.8 Å². The Morgan fingerprint density at radius 3 is 2.67 bits per heavy atom. The van der Waals surface area contributed by atoms with Crippen molar-refractivity contribution in [3.8, 4) is 0 Å². The molecule has 33 heavy (non-hydrogen) atoms. The van der Waals surface area contributed by atoms with E-state index in [0.29, 0.717) is 37.0 Å². The van der Waals surface area contributed by atoms with E-state index in [2.05, 4.69) is 4.90 Å². The normalized spacial score (nSPS) is 19.0. The van der Waals surface area contributed by atoms with Gasteiger partial charge in [0.05, 0.1) is 23.4 Å². The van der Waals surface area contributed by atoms with Crippen LogP contribution in [0.15, 0.2) is 58.1 Å². The van der Waals surface area contributed by atoms with E-state index in [0.717, 1.165) is 5.56 Å². The average molecular weight is 454 g/mol. The van der Waals surface area contributed by atoms with E-state index in [-0.39, 0.29) is 42.1 Å². The third kappa shape index (κ3) is 4.61. The number of ether oxygens (including phenoxy) is 1. The molecule has 4 rings (SSSR count). The molecule has 0 amide bonds. The fourth-order valence-corrected chi connectivity index (χ4v) is 4.75. The van der Waals surface area contributed by atoms with E-state index in [4.69, 9.17) is 4.74 Å².